The van der Waals surface area contributed by atoms with Crippen LogP contribution >= 0.6 is 12.6 Å². The maximum atomic E-state index is 12.7. The highest BCUT2D eigenvalue weighted by Gasteiger charge is 2.15. The van der Waals surface area contributed by atoms with E-state index in [0.717, 1.165) is 41.7 Å². The van der Waals surface area contributed by atoms with Gasteiger partial charge in [0, 0.05) is 22.1 Å². The second-order valence-electron chi connectivity index (χ2n) is 7.36. The van der Waals surface area contributed by atoms with Gasteiger partial charge in [-0.15, -0.1) is 19.2 Å². The third kappa shape index (κ3) is 8.12. The molecule has 0 fully saturated rings. The van der Waals surface area contributed by atoms with Crippen LogP contribution in [0.4, 0.5) is 0 Å². The summed E-state index contributed by atoms with van der Waals surface area (Å²) < 4.78 is 5.71. The molecule has 2 aromatic rings. The quantitative estimate of drug-likeness (QED) is 0.109. The van der Waals surface area contributed by atoms with Crippen LogP contribution in [0.2, 0.25) is 0 Å². The number of rotatable bonds is 13. The predicted molar refractivity (Wildman–Crippen MR) is 135 cm³/mol. The van der Waals surface area contributed by atoms with E-state index in [9.17, 15) is 4.79 Å². The van der Waals surface area contributed by atoms with Crippen LogP contribution in [-0.4, -0.2) is 24.3 Å². The number of unbranched alkanes of at least 4 members (excludes halogenated alkanes) is 2. The first kappa shape index (κ1) is 25.0. The Balaban J connectivity index is 2.03. The lowest BCUT2D eigenvalue weighted by Crippen LogP contribution is -2.38. The van der Waals surface area contributed by atoms with Gasteiger partial charge < -0.3 is 21.2 Å². The molecule has 4 N–H and O–H groups in total. The lowest BCUT2D eigenvalue weighted by Gasteiger charge is -2.20. The van der Waals surface area contributed by atoms with E-state index in [4.69, 9.17) is 15.9 Å². The summed E-state index contributed by atoms with van der Waals surface area (Å²) in [6, 6.07) is 14.3. The Morgan fingerprint density at radius 3 is 2.69 bits per heavy atom. The molecular weight excluding hydrogens is 418 g/mol. The molecular formula is C26H31N3O2S. The fraction of sp³-hybridized carbons (Fsp3) is 0.231. The molecule has 0 bridgehead atoms. The second-order valence-corrected chi connectivity index (χ2v) is 7.87. The molecule has 168 valence electrons. The minimum atomic E-state index is -0.225. The number of nitrogens with one attached hydrogen (secondary N) is 2. The van der Waals surface area contributed by atoms with Crippen molar-refractivity contribution in [2.24, 2.45) is 5.73 Å². The van der Waals surface area contributed by atoms with Crippen LogP contribution in [0.1, 0.15) is 47.2 Å². The molecule has 0 aromatic heterocycles. The van der Waals surface area contributed by atoms with Crippen LogP contribution in [-0.2, 0) is 4.74 Å². The Morgan fingerprint density at radius 1 is 1.19 bits per heavy atom. The fourth-order valence-electron chi connectivity index (χ4n) is 3.17. The minimum absolute atomic E-state index is 0.122. The van der Waals surface area contributed by atoms with Crippen molar-refractivity contribution in [1.82, 2.24) is 5.32 Å². The third-order valence-corrected chi connectivity index (χ3v) is 5.14. The number of carbonyl (C=O) groups excluding carboxylic acids is 1. The number of ether oxygens (including phenoxy) is 1. The second kappa shape index (κ2) is 13.2. The summed E-state index contributed by atoms with van der Waals surface area (Å²) in [5.41, 5.74) is 8.36. The summed E-state index contributed by atoms with van der Waals surface area (Å²) in [7, 11) is 0. The highest BCUT2D eigenvalue weighted by atomic mass is 32.1. The molecule has 0 radical (unpaired) electrons. The van der Waals surface area contributed by atoms with Gasteiger partial charge in [-0.05, 0) is 43.0 Å². The Bertz CT molecular complexity index is 985. The molecule has 2 aromatic carbocycles. The maximum Gasteiger partial charge on any atom is 0.251 e. The molecule has 0 aliphatic heterocycles. The maximum absolute atomic E-state index is 12.7. The molecule has 0 aliphatic rings. The van der Waals surface area contributed by atoms with Gasteiger partial charge in [0.05, 0.1) is 11.8 Å². The van der Waals surface area contributed by atoms with Gasteiger partial charge in [-0.1, -0.05) is 55.5 Å². The van der Waals surface area contributed by atoms with Crippen molar-refractivity contribution < 1.29 is 9.53 Å². The normalized spacial score (nSPS) is 12.0. The number of hydrogen-bond donors (Lipinski definition) is 4. The number of thiol groups is 1. The Morgan fingerprint density at radius 2 is 1.97 bits per heavy atom. The summed E-state index contributed by atoms with van der Waals surface area (Å²) >= 11 is 4.30. The van der Waals surface area contributed by atoms with E-state index in [0.29, 0.717) is 5.56 Å². The number of allylic oxidation sites excluding steroid dienone is 2. The van der Waals surface area contributed by atoms with E-state index in [-0.39, 0.29) is 30.2 Å². The number of benzene rings is 2. The molecule has 0 unspecified atom stereocenters. The Kier molecular flexibility index (Phi) is 10.3. The zero-order valence-corrected chi connectivity index (χ0v) is 19.1. The SMILES string of the molecule is C=CCCCC[C@H](CO/C(N)=C/C(=N)c1ccccc1C=C)NC(=O)c1cccc(S)c1. The first-order valence-corrected chi connectivity index (χ1v) is 11.0. The number of amides is 1. The van der Waals surface area contributed by atoms with E-state index in [1.807, 2.05) is 36.4 Å². The smallest absolute Gasteiger partial charge is 0.251 e. The first-order valence-electron chi connectivity index (χ1n) is 10.6. The molecule has 0 saturated carbocycles. The Labute approximate surface area is 196 Å². The van der Waals surface area contributed by atoms with E-state index in [1.165, 1.54) is 6.08 Å². The summed E-state index contributed by atoms with van der Waals surface area (Å²) in [6.45, 7) is 7.73. The van der Waals surface area contributed by atoms with Crippen molar-refractivity contribution in [1.29, 1.82) is 5.41 Å². The van der Waals surface area contributed by atoms with Gasteiger partial charge in [-0.3, -0.25) is 4.79 Å². The van der Waals surface area contributed by atoms with Crippen molar-refractivity contribution in [2.75, 3.05) is 6.61 Å². The van der Waals surface area contributed by atoms with Crippen molar-refractivity contribution in [2.45, 2.75) is 36.6 Å². The predicted octanol–water partition coefficient (Wildman–Crippen LogP) is 5.35. The lowest BCUT2D eigenvalue weighted by atomic mass is 10.0. The highest BCUT2D eigenvalue weighted by molar-refractivity contribution is 7.80. The van der Waals surface area contributed by atoms with Crippen LogP contribution in [0.3, 0.4) is 0 Å². The zero-order valence-electron chi connectivity index (χ0n) is 18.2. The molecule has 1 atom stereocenters. The van der Waals surface area contributed by atoms with Gasteiger partial charge in [0.1, 0.15) is 6.61 Å². The lowest BCUT2D eigenvalue weighted by molar-refractivity contribution is 0.0895. The van der Waals surface area contributed by atoms with Gasteiger partial charge in [-0.25, -0.2) is 0 Å². The van der Waals surface area contributed by atoms with Crippen molar-refractivity contribution in [3.05, 3.63) is 96.4 Å². The number of carbonyl (C=O) groups is 1. The van der Waals surface area contributed by atoms with Crippen LogP contribution < -0.4 is 11.1 Å². The monoisotopic (exact) mass is 449 g/mol. The van der Waals surface area contributed by atoms with E-state index in [2.05, 4.69) is 31.1 Å². The van der Waals surface area contributed by atoms with Crippen LogP contribution in [0, 0.1) is 5.41 Å². The average Bonchev–Trinajstić information content (AvgIpc) is 2.79. The van der Waals surface area contributed by atoms with Crippen LogP contribution in [0.25, 0.3) is 6.08 Å². The zero-order chi connectivity index (χ0) is 23.3. The van der Waals surface area contributed by atoms with Gasteiger partial charge in [0.25, 0.3) is 5.91 Å². The summed E-state index contributed by atoms with van der Waals surface area (Å²) in [6.07, 6.45) is 8.62. The van der Waals surface area contributed by atoms with Gasteiger partial charge in [0.15, 0.2) is 5.88 Å². The van der Waals surface area contributed by atoms with E-state index >= 15 is 0 Å². The van der Waals surface area contributed by atoms with Crippen LogP contribution in [0.5, 0.6) is 0 Å². The third-order valence-electron chi connectivity index (χ3n) is 4.86. The molecule has 0 heterocycles. The van der Waals surface area contributed by atoms with Gasteiger partial charge in [0.2, 0.25) is 0 Å². The van der Waals surface area contributed by atoms with Crippen LogP contribution in [0.15, 0.2) is 84.6 Å². The van der Waals surface area contributed by atoms with Gasteiger partial charge in [-0.2, -0.15) is 0 Å². The standard InChI is InChI=1S/C26H31N3O2S/c1-3-5-6-7-13-21(29-26(30)20-12-10-14-22(32)16-20)18-31-25(28)17-24(27)23-15-9-8-11-19(23)4-2/h3-4,8-12,14-17,21,27,32H,1-2,5-7,13,18,28H2,(H,29,30)/b25-17+,27-24?/t21-/m1/s1. The summed E-state index contributed by atoms with van der Waals surface area (Å²) in [4.78, 5) is 13.4. The van der Waals surface area contributed by atoms with E-state index < -0.39 is 0 Å². The number of nitrogens with two attached hydrogens (primary N) is 1. The molecule has 2 rings (SSSR count). The summed E-state index contributed by atoms with van der Waals surface area (Å²) in [5, 5.41) is 11.3. The van der Waals surface area contributed by atoms with Crippen molar-refractivity contribution in [3.8, 4) is 0 Å². The fourth-order valence-corrected chi connectivity index (χ4v) is 3.40. The molecule has 6 heteroatoms. The molecule has 0 saturated heterocycles. The molecule has 0 spiro atoms. The first-order chi connectivity index (χ1) is 15.4. The largest absolute Gasteiger partial charge is 0.477 e. The van der Waals surface area contributed by atoms with Gasteiger partial charge >= 0.3 is 0 Å². The minimum Gasteiger partial charge on any atom is -0.477 e. The highest BCUT2D eigenvalue weighted by Crippen LogP contribution is 2.13. The topological polar surface area (TPSA) is 88.2 Å². The van der Waals surface area contributed by atoms with Crippen molar-refractivity contribution >= 4 is 30.3 Å². The van der Waals surface area contributed by atoms with E-state index in [1.54, 1.807) is 24.3 Å². The average molecular weight is 450 g/mol. The number of hydrogen-bond acceptors (Lipinski definition) is 5. The molecule has 5 nitrogen and oxygen atoms in total. The Hall–Kier alpha value is -3.25. The molecule has 1 amide bonds. The van der Waals surface area contributed by atoms with Crippen molar-refractivity contribution in [3.63, 3.8) is 0 Å². The molecule has 0 aliphatic carbocycles. The molecule has 32 heavy (non-hydrogen) atoms. The summed E-state index contributed by atoms with van der Waals surface area (Å²) in [5.74, 6) is -0.0648.